The van der Waals surface area contributed by atoms with Crippen molar-refractivity contribution < 1.29 is 22.8 Å². The molecule has 0 amide bonds. The quantitative estimate of drug-likeness (QED) is 0.370. The molecule has 0 unspecified atom stereocenters. The second-order valence-electron chi connectivity index (χ2n) is 2.77. The van der Waals surface area contributed by atoms with Gasteiger partial charge in [0.15, 0.2) is 0 Å². The van der Waals surface area contributed by atoms with E-state index in [0.29, 0.717) is 12.3 Å². The van der Waals surface area contributed by atoms with E-state index in [2.05, 4.69) is 0 Å². The van der Waals surface area contributed by atoms with Gasteiger partial charge in [0.25, 0.3) is 0 Å². The zero-order valence-electron chi connectivity index (χ0n) is 9.83. The molecule has 0 N–H and O–H groups in total. The van der Waals surface area contributed by atoms with Gasteiger partial charge >= 0.3 is 8.80 Å². The Morgan fingerprint density at radius 2 is 1.33 bits per heavy atom. The summed E-state index contributed by atoms with van der Waals surface area (Å²) in [6.07, 6.45) is 0.420. The molecule has 15 heavy (non-hydrogen) atoms. The summed E-state index contributed by atoms with van der Waals surface area (Å²) in [5, 5.41) is 0. The molecule has 0 heterocycles. The van der Waals surface area contributed by atoms with E-state index in [9.17, 15) is 0 Å². The van der Waals surface area contributed by atoms with Gasteiger partial charge < -0.3 is 22.8 Å². The molecule has 0 radical (unpaired) electrons. The zero-order chi connectivity index (χ0) is 11.9. The molecule has 0 aromatic carbocycles. The molecule has 7 heteroatoms. The number of alkyl halides is 1. The van der Waals surface area contributed by atoms with Crippen LogP contribution in [0.5, 0.6) is 0 Å². The van der Waals surface area contributed by atoms with Crippen molar-refractivity contribution >= 4 is 20.4 Å². The van der Waals surface area contributed by atoms with Crippen LogP contribution in [-0.4, -0.2) is 55.6 Å². The van der Waals surface area contributed by atoms with Crippen LogP contribution in [0, 0.1) is 0 Å². The lowest BCUT2D eigenvalue weighted by Crippen LogP contribution is -2.66. The molecule has 0 saturated carbocycles. The summed E-state index contributed by atoms with van der Waals surface area (Å²) >= 11 is 5.72. The summed E-state index contributed by atoms with van der Waals surface area (Å²) in [5.41, 5.74) is -1.06. The highest BCUT2D eigenvalue weighted by atomic mass is 35.5. The Hall–Kier alpha value is 0.307. The third kappa shape index (κ3) is 2.70. The third-order valence-electron chi connectivity index (χ3n) is 2.36. The summed E-state index contributed by atoms with van der Waals surface area (Å²) in [4.78, 5) is 0. The molecule has 0 aliphatic carbocycles. The summed E-state index contributed by atoms with van der Waals surface area (Å²) in [7, 11) is 4.47. The van der Waals surface area contributed by atoms with Crippen molar-refractivity contribution in [1.29, 1.82) is 0 Å². The van der Waals surface area contributed by atoms with E-state index >= 15 is 0 Å². The zero-order valence-corrected chi connectivity index (χ0v) is 11.6. The van der Waals surface area contributed by atoms with Crippen LogP contribution in [0.3, 0.4) is 0 Å². The van der Waals surface area contributed by atoms with Crippen molar-refractivity contribution in [2.45, 2.75) is 11.8 Å². The number of rotatable bonds is 8. The molecule has 0 atom stereocenters. The number of hydrogen-bond acceptors (Lipinski definition) is 5. The SMILES string of the molecule is COC(CCCl)(OC)[Si](OC)(OC)OC. The van der Waals surface area contributed by atoms with Gasteiger partial charge in [0, 0.05) is 47.8 Å². The van der Waals surface area contributed by atoms with E-state index in [1.54, 1.807) is 0 Å². The van der Waals surface area contributed by atoms with E-state index in [1.807, 2.05) is 0 Å². The predicted octanol–water partition coefficient (Wildman–Crippen LogP) is 1.02. The minimum absolute atomic E-state index is 0.354. The van der Waals surface area contributed by atoms with E-state index < -0.39 is 14.2 Å². The highest BCUT2D eigenvalue weighted by Crippen LogP contribution is 2.30. The van der Waals surface area contributed by atoms with Crippen LogP contribution in [0.15, 0.2) is 0 Å². The van der Waals surface area contributed by atoms with Crippen molar-refractivity contribution in [3.8, 4) is 0 Å². The lowest BCUT2D eigenvalue weighted by atomic mass is 10.4. The molecular formula is C8H19ClO5Si. The summed E-state index contributed by atoms with van der Waals surface area (Å²) in [5.74, 6) is 0.354. The van der Waals surface area contributed by atoms with Gasteiger partial charge in [-0.2, -0.15) is 0 Å². The van der Waals surface area contributed by atoms with Crippen LogP contribution in [-0.2, 0) is 22.8 Å². The van der Waals surface area contributed by atoms with Gasteiger partial charge in [0.2, 0.25) is 5.41 Å². The normalized spacial score (nSPS) is 13.2. The average molecular weight is 259 g/mol. The van der Waals surface area contributed by atoms with Crippen molar-refractivity contribution in [3.63, 3.8) is 0 Å². The largest absolute Gasteiger partial charge is 0.562 e. The van der Waals surface area contributed by atoms with Gasteiger partial charge in [-0.15, -0.1) is 11.6 Å². The van der Waals surface area contributed by atoms with Crippen LogP contribution >= 0.6 is 11.6 Å². The average Bonchev–Trinajstić information content (AvgIpc) is 2.30. The minimum Gasteiger partial charge on any atom is -0.374 e. The Labute approximate surface area is 96.9 Å². The van der Waals surface area contributed by atoms with Gasteiger partial charge in [-0.1, -0.05) is 0 Å². The summed E-state index contributed by atoms with van der Waals surface area (Å²) in [6.45, 7) is 0. The second kappa shape index (κ2) is 6.80. The van der Waals surface area contributed by atoms with Crippen molar-refractivity contribution in [1.82, 2.24) is 0 Å². The van der Waals surface area contributed by atoms with Gasteiger partial charge in [0.1, 0.15) is 0 Å². The molecule has 0 saturated heterocycles. The minimum atomic E-state index is -3.05. The number of halogens is 1. The Balaban J connectivity index is 5.13. The van der Waals surface area contributed by atoms with E-state index in [4.69, 9.17) is 34.4 Å². The van der Waals surface area contributed by atoms with E-state index in [1.165, 1.54) is 35.5 Å². The summed E-state index contributed by atoms with van der Waals surface area (Å²) < 4.78 is 26.7. The topological polar surface area (TPSA) is 46.2 Å². The molecule has 0 aromatic rings. The molecule has 0 bridgehead atoms. The molecular weight excluding hydrogens is 240 g/mol. The van der Waals surface area contributed by atoms with Gasteiger partial charge in [0.05, 0.1) is 0 Å². The van der Waals surface area contributed by atoms with Crippen LogP contribution < -0.4 is 0 Å². The van der Waals surface area contributed by atoms with E-state index in [0.717, 1.165) is 0 Å². The first-order valence-electron chi connectivity index (χ1n) is 4.43. The predicted molar refractivity (Wildman–Crippen MR) is 58.9 cm³/mol. The molecule has 0 aliphatic heterocycles. The molecule has 0 aliphatic rings. The van der Waals surface area contributed by atoms with Gasteiger partial charge in [-0.3, -0.25) is 0 Å². The first-order chi connectivity index (χ1) is 7.11. The Kier molecular flexibility index (Phi) is 6.94. The Morgan fingerprint density at radius 3 is 1.53 bits per heavy atom. The maximum absolute atomic E-state index is 5.72. The number of ether oxygens (including phenoxy) is 2. The van der Waals surface area contributed by atoms with Crippen molar-refractivity contribution in [2.24, 2.45) is 0 Å². The van der Waals surface area contributed by atoms with Crippen molar-refractivity contribution in [3.05, 3.63) is 0 Å². The fourth-order valence-electron chi connectivity index (χ4n) is 1.53. The van der Waals surface area contributed by atoms with E-state index in [-0.39, 0.29) is 0 Å². The Bertz CT molecular complexity index is 164. The van der Waals surface area contributed by atoms with Crippen LogP contribution in [0.25, 0.3) is 0 Å². The third-order valence-corrected chi connectivity index (χ3v) is 5.75. The monoisotopic (exact) mass is 258 g/mol. The first kappa shape index (κ1) is 15.3. The number of methoxy groups -OCH3 is 2. The second-order valence-corrected chi connectivity index (χ2v) is 6.25. The number of hydrogen-bond donors (Lipinski definition) is 0. The maximum Gasteiger partial charge on any atom is 0.562 e. The summed E-state index contributed by atoms with van der Waals surface area (Å²) in [6, 6.07) is 0. The van der Waals surface area contributed by atoms with Crippen LogP contribution in [0.4, 0.5) is 0 Å². The molecule has 0 rings (SSSR count). The molecule has 92 valence electrons. The van der Waals surface area contributed by atoms with Crippen LogP contribution in [0.2, 0.25) is 0 Å². The Morgan fingerprint density at radius 1 is 0.933 bits per heavy atom. The fraction of sp³-hybridized carbons (Fsp3) is 1.00. The highest BCUT2D eigenvalue weighted by Gasteiger charge is 2.61. The standard InChI is InChI=1S/C8H19ClO5Si/c1-10-8(11-2,6-7-9)15(12-3,13-4)14-5/h6-7H2,1-5H3. The lowest BCUT2D eigenvalue weighted by molar-refractivity contribution is -0.192. The molecule has 0 spiro atoms. The van der Waals surface area contributed by atoms with Gasteiger partial charge in [-0.05, 0) is 0 Å². The smallest absolute Gasteiger partial charge is 0.374 e. The first-order valence-corrected chi connectivity index (χ1v) is 6.69. The fourth-order valence-corrected chi connectivity index (χ4v) is 4.30. The highest BCUT2D eigenvalue weighted by molar-refractivity contribution is 6.63. The molecule has 5 nitrogen and oxygen atoms in total. The molecule has 0 fully saturated rings. The van der Waals surface area contributed by atoms with Crippen LogP contribution in [0.1, 0.15) is 6.42 Å². The van der Waals surface area contributed by atoms with Gasteiger partial charge in [-0.25, -0.2) is 0 Å². The maximum atomic E-state index is 5.72. The molecule has 0 aromatic heterocycles. The van der Waals surface area contributed by atoms with Crippen molar-refractivity contribution in [2.75, 3.05) is 41.4 Å². The lowest BCUT2D eigenvalue weighted by Gasteiger charge is -2.40.